The van der Waals surface area contributed by atoms with E-state index >= 15 is 0 Å². The third-order valence-corrected chi connectivity index (χ3v) is 6.96. The number of phenols is 1. The Kier molecular flexibility index (Phi) is 8.12. The van der Waals surface area contributed by atoms with Gasteiger partial charge in [0.05, 0.1) is 18.2 Å². The van der Waals surface area contributed by atoms with Gasteiger partial charge in [-0.25, -0.2) is 9.59 Å². The average molecular weight is 589 g/mol. The molecule has 5 rings (SSSR count). The van der Waals surface area contributed by atoms with Crippen LogP contribution in [0.2, 0.25) is 0 Å². The second kappa shape index (κ2) is 11.1. The number of ether oxygens (including phenoxy) is 2. The van der Waals surface area contributed by atoms with Gasteiger partial charge in [-0.2, -0.15) is 13.2 Å². The molecule has 0 saturated carbocycles. The Morgan fingerprint density at radius 3 is 2.43 bits per heavy atom. The van der Waals surface area contributed by atoms with E-state index in [1.54, 1.807) is 7.05 Å². The Balaban J connectivity index is 0.000000201. The molecule has 2 aromatic heterocycles. The van der Waals surface area contributed by atoms with Gasteiger partial charge in [-0.1, -0.05) is 6.92 Å². The summed E-state index contributed by atoms with van der Waals surface area (Å²) in [5.74, 6) is -1.44. The molecule has 0 spiro atoms. The number of rotatable bonds is 3. The number of carbonyl (C=O) groups excluding carboxylic acids is 2. The van der Waals surface area contributed by atoms with Gasteiger partial charge >= 0.3 is 18.2 Å². The number of esters is 1. The molecule has 0 unspecified atom stereocenters. The van der Waals surface area contributed by atoms with Crippen LogP contribution >= 0.6 is 0 Å². The summed E-state index contributed by atoms with van der Waals surface area (Å²) >= 11 is 0. The second-order valence-electron chi connectivity index (χ2n) is 11.3. The van der Waals surface area contributed by atoms with Crippen molar-refractivity contribution in [1.29, 1.82) is 0 Å². The minimum atomic E-state index is -4.77. The van der Waals surface area contributed by atoms with Crippen LogP contribution in [0.4, 0.5) is 29.3 Å². The summed E-state index contributed by atoms with van der Waals surface area (Å²) in [6, 6.07) is 9.18. The fraction of sp³-hybridized carbons (Fsp3) is 0.400. The fourth-order valence-corrected chi connectivity index (χ4v) is 5.25. The number of H-pyrrole nitrogens is 2. The van der Waals surface area contributed by atoms with Crippen LogP contribution in [-0.4, -0.2) is 53.4 Å². The predicted octanol–water partition coefficient (Wildman–Crippen LogP) is 7.45. The fourth-order valence-electron chi connectivity index (χ4n) is 5.25. The number of likely N-dealkylation sites (N-methyl/N-ethyl adjacent to an activating group) is 1. The molecule has 1 aliphatic rings. The predicted molar refractivity (Wildman–Crippen MR) is 155 cm³/mol. The molecule has 0 bridgehead atoms. The lowest BCUT2D eigenvalue weighted by Gasteiger charge is -2.19. The molecule has 1 atom stereocenters. The Hall–Kier alpha value is -4.35. The second-order valence-corrected chi connectivity index (χ2v) is 11.3. The molecule has 2 aromatic carbocycles. The van der Waals surface area contributed by atoms with Crippen molar-refractivity contribution in [1.82, 2.24) is 9.97 Å². The number of nitrogens with one attached hydrogen (secondary N) is 3. The number of amides is 1. The van der Waals surface area contributed by atoms with E-state index in [9.17, 15) is 27.9 Å². The molecule has 42 heavy (non-hydrogen) atoms. The van der Waals surface area contributed by atoms with Crippen molar-refractivity contribution in [3.8, 4) is 5.75 Å². The Bertz CT molecular complexity index is 1650. The third-order valence-electron chi connectivity index (χ3n) is 6.96. The first kappa shape index (κ1) is 30.6. The number of phenolic OH excluding ortho intramolecular Hbond substituents is 1. The lowest BCUT2D eigenvalue weighted by atomic mass is 9.92. The highest BCUT2D eigenvalue weighted by molar-refractivity contribution is 6.10. The number of hydrogen-bond acceptors (Lipinski definition) is 6. The Morgan fingerprint density at radius 1 is 1.14 bits per heavy atom. The van der Waals surface area contributed by atoms with Gasteiger partial charge in [0.1, 0.15) is 17.0 Å². The molecular weight excluding hydrogens is 553 g/mol. The van der Waals surface area contributed by atoms with Crippen LogP contribution in [-0.2, 0) is 15.7 Å². The van der Waals surface area contributed by atoms with Crippen LogP contribution in [0, 0.1) is 6.92 Å². The normalized spacial score (nSPS) is 14.9. The van der Waals surface area contributed by atoms with Gasteiger partial charge in [-0.05, 0) is 63.9 Å². The smallest absolute Gasteiger partial charge is 0.432 e. The number of alkyl halides is 3. The van der Waals surface area contributed by atoms with E-state index in [4.69, 9.17) is 4.74 Å². The monoisotopic (exact) mass is 588 g/mol. The minimum absolute atomic E-state index is 0.0339. The molecule has 0 aliphatic carbocycles. The number of benzene rings is 2. The van der Waals surface area contributed by atoms with E-state index in [2.05, 4.69) is 20.0 Å². The van der Waals surface area contributed by atoms with Crippen LogP contribution in [0.15, 0.2) is 30.3 Å². The van der Waals surface area contributed by atoms with E-state index in [1.165, 1.54) is 6.07 Å². The topological polar surface area (TPSA) is 120 Å². The first-order chi connectivity index (χ1) is 19.5. The van der Waals surface area contributed by atoms with Gasteiger partial charge in [-0.3, -0.25) is 5.32 Å². The largest absolute Gasteiger partial charge is 0.506 e. The first-order valence-electron chi connectivity index (χ1n) is 13.4. The van der Waals surface area contributed by atoms with Crippen molar-refractivity contribution >= 4 is 45.2 Å². The maximum Gasteiger partial charge on any atom is 0.432 e. The zero-order chi connectivity index (χ0) is 31.1. The summed E-state index contributed by atoms with van der Waals surface area (Å²) in [6.07, 6.45) is -4.51. The van der Waals surface area contributed by atoms with Crippen molar-refractivity contribution in [2.75, 3.05) is 30.9 Å². The van der Waals surface area contributed by atoms with Crippen molar-refractivity contribution in [3.05, 3.63) is 52.8 Å². The molecule has 4 N–H and O–H groups in total. The third kappa shape index (κ3) is 6.12. The maximum absolute atomic E-state index is 13.4. The van der Waals surface area contributed by atoms with E-state index in [0.717, 1.165) is 29.4 Å². The number of methoxy groups -OCH3 is 1. The molecule has 226 valence electrons. The average Bonchev–Trinajstić information content (AvgIpc) is 3.55. The summed E-state index contributed by atoms with van der Waals surface area (Å²) in [6.45, 7) is 10.1. The van der Waals surface area contributed by atoms with Crippen LogP contribution in [0.3, 0.4) is 0 Å². The molecule has 0 radical (unpaired) electrons. The van der Waals surface area contributed by atoms with Crippen LogP contribution < -0.4 is 10.2 Å². The van der Waals surface area contributed by atoms with E-state index in [-0.39, 0.29) is 22.6 Å². The zero-order valence-electron chi connectivity index (χ0n) is 24.5. The van der Waals surface area contributed by atoms with Crippen molar-refractivity contribution < 1.29 is 37.3 Å². The Morgan fingerprint density at radius 2 is 1.83 bits per heavy atom. The van der Waals surface area contributed by atoms with Gasteiger partial charge in [0.25, 0.3) is 0 Å². The number of aromatic nitrogens is 2. The zero-order valence-corrected chi connectivity index (χ0v) is 24.5. The number of halogens is 3. The van der Waals surface area contributed by atoms with Crippen molar-refractivity contribution in [2.45, 2.75) is 58.7 Å². The van der Waals surface area contributed by atoms with Crippen LogP contribution in [0.5, 0.6) is 5.75 Å². The lowest BCUT2D eigenvalue weighted by Crippen LogP contribution is -2.27. The minimum Gasteiger partial charge on any atom is -0.506 e. The first-order valence-corrected chi connectivity index (χ1v) is 13.4. The molecule has 1 amide bonds. The summed E-state index contributed by atoms with van der Waals surface area (Å²) in [5, 5.41) is 14.1. The van der Waals surface area contributed by atoms with Crippen LogP contribution in [0.1, 0.15) is 67.3 Å². The number of anilines is 2. The van der Waals surface area contributed by atoms with Gasteiger partial charge in [0, 0.05) is 58.9 Å². The number of aromatic amines is 2. The molecule has 0 fully saturated rings. The SMILES string of the molecule is CC[C@@H]1CN(C)c2cc(O)c3[nH]c(C(F)(F)F)c(C(=O)OC)c3c21.Cc1cc2cc(NC(=O)OC(C)(C)C)ccc2[nH]1. The van der Waals surface area contributed by atoms with Crippen LogP contribution in [0.25, 0.3) is 21.8 Å². The maximum atomic E-state index is 13.4. The summed E-state index contributed by atoms with van der Waals surface area (Å²) in [4.78, 5) is 31.0. The molecule has 0 saturated heterocycles. The molecular formula is C30H35F3N4O5. The number of aromatic hydroxyl groups is 1. The summed E-state index contributed by atoms with van der Waals surface area (Å²) < 4.78 is 50.0. The summed E-state index contributed by atoms with van der Waals surface area (Å²) in [7, 11) is 2.84. The molecule has 3 heterocycles. The number of aryl methyl sites for hydroxylation is 1. The van der Waals surface area contributed by atoms with Gasteiger partial charge in [0.2, 0.25) is 0 Å². The van der Waals surface area contributed by atoms with E-state index < -0.39 is 35.1 Å². The highest BCUT2D eigenvalue weighted by Crippen LogP contribution is 2.49. The Labute approximate surface area is 241 Å². The molecule has 12 heteroatoms. The van der Waals surface area contributed by atoms with Crippen molar-refractivity contribution in [3.63, 3.8) is 0 Å². The number of nitrogens with zero attached hydrogens (tertiary/aromatic N) is 1. The van der Waals surface area contributed by atoms with E-state index in [0.29, 0.717) is 24.2 Å². The van der Waals surface area contributed by atoms with Gasteiger partial charge < -0.3 is 29.4 Å². The van der Waals surface area contributed by atoms with Crippen molar-refractivity contribution in [2.24, 2.45) is 0 Å². The number of fused-ring (bicyclic) bond motifs is 4. The molecule has 1 aliphatic heterocycles. The lowest BCUT2D eigenvalue weighted by molar-refractivity contribution is -0.141. The number of hydrogen-bond donors (Lipinski definition) is 4. The molecule has 4 aromatic rings. The van der Waals surface area contributed by atoms with E-state index in [1.807, 2.05) is 63.8 Å². The highest BCUT2D eigenvalue weighted by atomic mass is 19.4. The standard InChI is InChI=1S/C16H17F3N2O3.C14H18N2O2/c1-4-7-6-21(2)8-5-9(22)13-11(10(7)8)12(15(23)24-3)14(20-13)16(17,18)19;1-9-7-10-8-11(5-6-12(10)15-9)16-13(17)18-14(2,3)4/h5,7,20,22H,4,6H2,1-3H3;5-8,15H,1-4H3,(H,16,17)/t7-;/m1./s1. The quantitative estimate of drug-likeness (QED) is 0.185. The van der Waals surface area contributed by atoms with Gasteiger partial charge in [-0.15, -0.1) is 0 Å². The number of carbonyl (C=O) groups is 2. The highest BCUT2D eigenvalue weighted by Gasteiger charge is 2.42. The molecule has 9 nitrogen and oxygen atoms in total. The van der Waals surface area contributed by atoms with Gasteiger partial charge in [0.15, 0.2) is 0 Å². The summed E-state index contributed by atoms with van der Waals surface area (Å²) in [5.41, 5.74) is 1.81.